The van der Waals surface area contributed by atoms with Crippen LogP contribution in [0.3, 0.4) is 0 Å². The fourth-order valence-electron chi connectivity index (χ4n) is 3.10. The van der Waals surface area contributed by atoms with E-state index < -0.39 is 0 Å². The first kappa shape index (κ1) is 12.6. The van der Waals surface area contributed by atoms with Crippen LogP contribution in [0.2, 0.25) is 0 Å². The molecule has 1 aliphatic heterocycles. The Kier molecular flexibility index (Phi) is 3.53. The zero-order valence-electron chi connectivity index (χ0n) is 10.9. The second kappa shape index (κ2) is 5.31. The van der Waals surface area contributed by atoms with Gasteiger partial charge in [0.2, 0.25) is 6.41 Å². The molecular weight excluding hydrogens is 242 g/mol. The van der Waals surface area contributed by atoms with Crippen LogP contribution in [0.1, 0.15) is 37.2 Å². The van der Waals surface area contributed by atoms with Crippen molar-refractivity contribution in [3.63, 3.8) is 0 Å². The Bertz CT molecular complexity index is 427. The molecule has 1 N–H and O–H groups in total. The van der Waals surface area contributed by atoms with Crippen LogP contribution in [0.4, 0.5) is 5.69 Å². The second-order valence-electron chi connectivity index (χ2n) is 5.27. The molecule has 4 nitrogen and oxygen atoms in total. The van der Waals surface area contributed by atoms with Crippen molar-refractivity contribution in [3.8, 4) is 0 Å². The maximum absolute atomic E-state index is 10.4. The lowest BCUT2D eigenvalue weighted by molar-refractivity contribution is -0.178. The van der Waals surface area contributed by atoms with Crippen molar-refractivity contribution in [2.45, 2.75) is 37.4 Å². The number of anilines is 1. The summed E-state index contributed by atoms with van der Waals surface area (Å²) in [5, 5.41) is 2.66. The van der Waals surface area contributed by atoms with Crippen LogP contribution in [-0.4, -0.2) is 25.4 Å². The van der Waals surface area contributed by atoms with Gasteiger partial charge in [-0.3, -0.25) is 4.79 Å². The molecule has 102 valence electrons. The third-order valence-electron chi connectivity index (χ3n) is 4.17. The molecule has 0 radical (unpaired) electrons. The smallest absolute Gasteiger partial charge is 0.211 e. The van der Waals surface area contributed by atoms with Crippen LogP contribution in [0, 0.1) is 0 Å². The van der Waals surface area contributed by atoms with Crippen molar-refractivity contribution < 1.29 is 14.3 Å². The number of nitrogens with one attached hydrogen (secondary N) is 1. The fourth-order valence-corrected chi connectivity index (χ4v) is 3.10. The lowest BCUT2D eigenvalue weighted by Crippen LogP contribution is -2.34. The van der Waals surface area contributed by atoms with Gasteiger partial charge in [0.1, 0.15) is 0 Å². The first-order valence-corrected chi connectivity index (χ1v) is 6.89. The molecule has 2 fully saturated rings. The molecule has 1 spiro atoms. The van der Waals surface area contributed by atoms with Crippen molar-refractivity contribution in [1.29, 1.82) is 0 Å². The second-order valence-corrected chi connectivity index (χ2v) is 5.27. The number of carbonyl (C=O) groups excluding carboxylic acids is 1. The number of ether oxygens (including phenoxy) is 2. The van der Waals surface area contributed by atoms with Crippen molar-refractivity contribution >= 4 is 12.1 Å². The van der Waals surface area contributed by atoms with Gasteiger partial charge in [-0.1, -0.05) is 12.1 Å². The highest BCUT2D eigenvalue weighted by molar-refractivity contribution is 5.71. The summed E-state index contributed by atoms with van der Waals surface area (Å²) in [7, 11) is 0. The van der Waals surface area contributed by atoms with E-state index >= 15 is 0 Å². The van der Waals surface area contributed by atoms with Crippen molar-refractivity contribution in [1.82, 2.24) is 0 Å². The Morgan fingerprint density at radius 3 is 2.32 bits per heavy atom. The molecule has 1 aliphatic carbocycles. The van der Waals surface area contributed by atoms with Crippen LogP contribution in [0.15, 0.2) is 24.3 Å². The minimum Gasteiger partial charge on any atom is -0.348 e. The Balaban J connectivity index is 1.62. The minimum atomic E-state index is -0.282. The van der Waals surface area contributed by atoms with Crippen LogP contribution in [-0.2, 0) is 14.3 Å². The van der Waals surface area contributed by atoms with E-state index in [-0.39, 0.29) is 5.79 Å². The van der Waals surface area contributed by atoms with Gasteiger partial charge in [0.15, 0.2) is 5.79 Å². The molecule has 1 saturated heterocycles. The van der Waals surface area contributed by atoms with Gasteiger partial charge in [-0.25, -0.2) is 0 Å². The summed E-state index contributed by atoms with van der Waals surface area (Å²) >= 11 is 0. The predicted octanol–water partition coefficient (Wildman–Crippen LogP) is 2.66. The molecule has 1 amide bonds. The summed E-state index contributed by atoms with van der Waals surface area (Å²) < 4.78 is 11.5. The van der Waals surface area contributed by atoms with E-state index in [4.69, 9.17) is 9.47 Å². The number of amides is 1. The zero-order valence-corrected chi connectivity index (χ0v) is 10.9. The summed E-state index contributed by atoms with van der Waals surface area (Å²) in [6, 6.07) is 8.11. The van der Waals surface area contributed by atoms with Crippen molar-refractivity contribution in [2.24, 2.45) is 0 Å². The molecule has 0 atom stereocenters. The van der Waals surface area contributed by atoms with Crippen molar-refractivity contribution in [3.05, 3.63) is 29.8 Å². The van der Waals surface area contributed by atoms with E-state index in [1.165, 1.54) is 5.56 Å². The van der Waals surface area contributed by atoms with E-state index in [9.17, 15) is 4.79 Å². The Morgan fingerprint density at radius 1 is 1.11 bits per heavy atom. The van der Waals surface area contributed by atoms with Gasteiger partial charge in [-0.05, 0) is 36.5 Å². The highest BCUT2D eigenvalue weighted by atomic mass is 16.7. The zero-order chi connectivity index (χ0) is 13.1. The monoisotopic (exact) mass is 261 g/mol. The molecule has 1 aromatic carbocycles. The molecule has 0 unspecified atom stereocenters. The van der Waals surface area contributed by atoms with Gasteiger partial charge in [0.25, 0.3) is 0 Å². The molecule has 1 aromatic rings. The van der Waals surface area contributed by atoms with Gasteiger partial charge >= 0.3 is 0 Å². The third kappa shape index (κ3) is 2.65. The molecule has 0 aromatic heterocycles. The molecule has 2 aliphatic rings. The number of rotatable bonds is 3. The predicted molar refractivity (Wildman–Crippen MR) is 72.0 cm³/mol. The van der Waals surface area contributed by atoms with Gasteiger partial charge < -0.3 is 14.8 Å². The summed E-state index contributed by atoms with van der Waals surface area (Å²) in [5.41, 5.74) is 2.18. The molecule has 0 bridgehead atoms. The topological polar surface area (TPSA) is 47.6 Å². The van der Waals surface area contributed by atoms with Crippen molar-refractivity contribution in [2.75, 3.05) is 18.5 Å². The summed E-state index contributed by atoms with van der Waals surface area (Å²) in [5.74, 6) is 0.291. The highest BCUT2D eigenvalue weighted by Gasteiger charge is 2.40. The largest absolute Gasteiger partial charge is 0.348 e. The van der Waals surface area contributed by atoms with Crippen LogP contribution >= 0.6 is 0 Å². The molecule has 3 rings (SSSR count). The maximum Gasteiger partial charge on any atom is 0.211 e. The fraction of sp³-hybridized carbons (Fsp3) is 0.533. The Morgan fingerprint density at radius 2 is 1.74 bits per heavy atom. The molecule has 1 saturated carbocycles. The normalized spacial score (nSPS) is 22.5. The van der Waals surface area contributed by atoms with Crippen LogP contribution in [0.5, 0.6) is 0 Å². The number of carbonyl (C=O) groups is 1. The van der Waals surface area contributed by atoms with E-state index in [2.05, 4.69) is 17.4 Å². The quantitative estimate of drug-likeness (QED) is 0.851. The van der Waals surface area contributed by atoms with E-state index in [0.717, 1.165) is 44.6 Å². The van der Waals surface area contributed by atoms with E-state index in [0.29, 0.717) is 12.3 Å². The number of benzene rings is 1. The molecule has 1 heterocycles. The van der Waals surface area contributed by atoms with Crippen LogP contribution < -0.4 is 5.32 Å². The molecule has 19 heavy (non-hydrogen) atoms. The Labute approximate surface area is 113 Å². The van der Waals surface area contributed by atoms with E-state index in [1.54, 1.807) is 0 Å². The van der Waals surface area contributed by atoms with Gasteiger partial charge in [-0.15, -0.1) is 0 Å². The average Bonchev–Trinajstić information content (AvgIpc) is 2.90. The lowest BCUT2D eigenvalue weighted by atomic mass is 9.81. The van der Waals surface area contributed by atoms with Crippen LogP contribution in [0.25, 0.3) is 0 Å². The first-order valence-electron chi connectivity index (χ1n) is 6.89. The third-order valence-corrected chi connectivity index (χ3v) is 4.17. The Hall–Kier alpha value is -1.39. The minimum absolute atomic E-state index is 0.282. The van der Waals surface area contributed by atoms with E-state index in [1.807, 2.05) is 12.1 Å². The molecular formula is C15H19NO3. The highest BCUT2D eigenvalue weighted by Crippen LogP contribution is 2.42. The SMILES string of the molecule is O=CNc1ccc(C2CCC3(CC2)OCCO3)cc1. The summed E-state index contributed by atoms with van der Waals surface area (Å²) in [6.45, 7) is 1.47. The standard InChI is InChI=1S/C15H19NO3/c17-11-16-14-3-1-12(2-4-14)13-5-7-15(8-6-13)18-9-10-19-15/h1-4,11,13H,5-10H2,(H,16,17). The molecule has 4 heteroatoms. The number of hydrogen-bond acceptors (Lipinski definition) is 3. The summed E-state index contributed by atoms with van der Waals surface area (Å²) in [4.78, 5) is 10.4. The lowest BCUT2D eigenvalue weighted by Gasteiger charge is -2.35. The summed E-state index contributed by atoms with van der Waals surface area (Å²) in [6.07, 6.45) is 4.85. The van der Waals surface area contributed by atoms with Gasteiger partial charge in [0.05, 0.1) is 13.2 Å². The van der Waals surface area contributed by atoms with Gasteiger partial charge in [0, 0.05) is 18.5 Å². The average molecular weight is 261 g/mol. The number of hydrogen-bond donors (Lipinski definition) is 1. The van der Waals surface area contributed by atoms with Gasteiger partial charge in [-0.2, -0.15) is 0 Å². The maximum atomic E-state index is 10.4. The first-order chi connectivity index (χ1) is 9.31.